The van der Waals surface area contributed by atoms with E-state index in [1.54, 1.807) is 6.07 Å². The van der Waals surface area contributed by atoms with Gasteiger partial charge in [-0.3, -0.25) is 4.79 Å². The van der Waals surface area contributed by atoms with Crippen LogP contribution < -0.4 is 5.32 Å². The third kappa shape index (κ3) is 5.83. The first-order valence-electron chi connectivity index (χ1n) is 8.22. The van der Waals surface area contributed by atoms with Gasteiger partial charge in [0.1, 0.15) is 0 Å². The molecule has 0 saturated carbocycles. The van der Waals surface area contributed by atoms with Crippen molar-refractivity contribution in [1.29, 1.82) is 0 Å². The van der Waals surface area contributed by atoms with Crippen LogP contribution in [0.5, 0.6) is 0 Å². The van der Waals surface area contributed by atoms with Crippen LogP contribution in [0.15, 0.2) is 42.5 Å². The molecule has 140 valence electrons. The third-order valence-electron chi connectivity index (χ3n) is 3.96. The van der Waals surface area contributed by atoms with E-state index in [2.05, 4.69) is 5.32 Å². The summed E-state index contributed by atoms with van der Waals surface area (Å²) >= 11 is 6.20. The molecular weight excluding hydrogens is 372 g/mol. The summed E-state index contributed by atoms with van der Waals surface area (Å²) in [5, 5.41) is 3.26. The highest BCUT2D eigenvalue weighted by Gasteiger charge is 2.19. The number of nitrogens with one attached hydrogen (secondary N) is 1. The molecule has 1 amide bonds. The lowest BCUT2D eigenvalue weighted by Crippen LogP contribution is -2.32. The molecule has 0 atom stereocenters. The van der Waals surface area contributed by atoms with E-state index < -0.39 is 10.0 Å². The summed E-state index contributed by atoms with van der Waals surface area (Å²) in [5.74, 6) is -0.277. The Bertz CT molecular complexity index is 860. The number of hydrogen-bond donors (Lipinski definition) is 1. The summed E-state index contributed by atoms with van der Waals surface area (Å²) in [7, 11) is -3.43. The predicted molar refractivity (Wildman–Crippen MR) is 106 cm³/mol. The summed E-state index contributed by atoms with van der Waals surface area (Å²) in [6, 6.07) is 13.0. The van der Waals surface area contributed by atoms with Gasteiger partial charge in [0.15, 0.2) is 0 Å². The number of aryl methyl sites for hydroxylation is 2. The smallest absolute Gasteiger partial charge is 0.225 e. The first kappa shape index (κ1) is 20.4. The van der Waals surface area contributed by atoms with Crippen molar-refractivity contribution in [1.82, 2.24) is 4.31 Å². The quantitative estimate of drug-likeness (QED) is 0.777. The van der Waals surface area contributed by atoms with Gasteiger partial charge < -0.3 is 5.32 Å². The number of sulfonamides is 1. The molecule has 7 heteroatoms. The number of carbonyl (C=O) groups is 1. The van der Waals surface area contributed by atoms with Gasteiger partial charge in [0.2, 0.25) is 15.9 Å². The molecule has 2 aromatic rings. The number of carbonyl (C=O) groups excluding carboxylic acids is 1. The minimum Gasteiger partial charge on any atom is -0.325 e. The fourth-order valence-electron chi connectivity index (χ4n) is 2.65. The molecule has 0 saturated heterocycles. The van der Waals surface area contributed by atoms with E-state index >= 15 is 0 Å². The normalized spacial score (nSPS) is 11.6. The molecule has 2 rings (SSSR count). The lowest BCUT2D eigenvalue weighted by atomic mass is 10.1. The predicted octanol–water partition coefficient (Wildman–Crippen LogP) is 3.75. The highest BCUT2D eigenvalue weighted by atomic mass is 35.5. The van der Waals surface area contributed by atoms with E-state index in [4.69, 9.17) is 11.6 Å². The molecule has 26 heavy (non-hydrogen) atoms. The van der Waals surface area contributed by atoms with Gasteiger partial charge in [-0.05, 0) is 36.6 Å². The van der Waals surface area contributed by atoms with Crippen LogP contribution in [0.1, 0.15) is 23.1 Å². The Morgan fingerprint density at radius 2 is 1.81 bits per heavy atom. The number of rotatable bonds is 7. The molecule has 0 aliphatic heterocycles. The average Bonchev–Trinajstić information content (AvgIpc) is 2.54. The largest absolute Gasteiger partial charge is 0.325 e. The molecule has 1 N–H and O–H groups in total. The third-order valence-corrected chi connectivity index (χ3v) is 5.50. The van der Waals surface area contributed by atoms with Crippen molar-refractivity contribution >= 4 is 33.2 Å². The van der Waals surface area contributed by atoms with Gasteiger partial charge >= 0.3 is 0 Å². The van der Waals surface area contributed by atoms with Crippen LogP contribution in [0.25, 0.3) is 0 Å². The fraction of sp³-hybridized carbons (Fsp3) is 0.316. The van der Waals surface area contributed by atoms with Crippen LogP contribution in [-0.2, 0) is 21.4 Å². The van der Waals surface area contributed by atoms with Crippen LogP contribution in [0.3, 0.4) is 0 Å². The van der Waals surface area contributed by atoms with Gasteiger partial charge in [-0.15, -0.1) is 0 Å². The zero-order valence-corrected chi connectivity index (χ0v) is 16.7. The summed E-state index contributed by atoms with van der Waals surface area (Å²) in [4.78, 5) is 12.3. The van der Waals surface area contributed by atoms with Crippen molar-refractivity contribution in [3.8, 4) is 0 Å². The van der Waals surface area contributed by atoms with Gasteiger partial charge in [-0.2, -0.15) is 4.31 Å². The minimum atomic E-state index is -3.43. The van der Waals surface area contributed by atoms with Gasteiger partial charge in [0, 0.05) is 19.5 Å². The average molecular weight is 395 g/mol. The Labute approximate surface area is 160 Å². The second-order valence-corrected chi connectivity index (χ2v) is 8.71. The van der Waals surface area contributed by atoms with Crippen molar-refractivity contribution in [2.24, 2.45) is 0 Å². The van der Waals surface area contributed by atoms with Crippen molar-refractivity contribution in [3.63, 3.8) is 0 Å². The second kappa shape index (κ2) is 8.66. The van der Waals surface area contributed by atoms with Crippen LogP contribution in [0.4, 0.5) is 5.69 Å². The standard InChI is InChI=1S/C19H23ClN2O3S/c1-14-11-15(2)19(17(20)12-14)21-18(23)9-10-22(26(3,24)25)13-16-7-5-4-6-8-16/h4-8,11-12H,9-10,13H2,1-3H3,(H,21,23). The molecule has 0 unspecified atom stereocenters. The maximum atomic E-state index is 12.3. The van der Waals surface area contributed by atoms with E-state index in [0.29, 0.717) is 10.7 Å². The van der Waals surface area contributed by atoms with Crippen LogP contribution in [0, 0.1) is 13.8 Å². The molecular formula is C19H23ClN2O3S. The Balaban J connectivity index is 2.03. The van der Waals surface area contributed by atoms with Crippen LogP contribution >= 0.6 is 11.6 Å². The van der Waals surface area contributed by atoms with Gasteiger partial charge in [-0.1, -0.05) is 48.0 Å². The van der Waals surface area contributed by atoms with E-state index in [1.807, 2.05) is 50.2 Å². The highest BCUT2D eigenvalue weighted by molar-refractivity contribution is 7.88. The Morgan fingerprint density at radius 1 is 1.15 bits per heavy atom. The summed E-state index contributed by atoms with van der Waals surface area (Å²) in [5.41, 5.74) is 3.32. The molecule has 0 bridgehead atoms. The summed E-state index contributed by atoms with van der Waals surface area (Å²) in [6.45, 7) is 4.13. The van der Waals surface area contributed by atoms with E-state index in [1.165, 1.54) is 4.31 Å². The monoisotopic (exact) mass is 394 g/mol. The van der Waals surface area contributed by atoms with Crippen LogP contribution in [-0.4, -0.2) is 31.4 Å². The van der Waals surface area contributed by atoms with Crippen molar-refractivity contribution in [2.45, 2.75) is 26.8 Å². The molecule has 0 fully saturated rings. The number of anilines is 1. The minimum absolute atomic E-state index is 0.0452. The number of amides is 1. The van der Waals surface area contributed by atoms with E-state index in [-0.39, 0.29) is 25.4 Å². The Hall–Kier alpha value is -1.89. The first-order valence-corrected chi connectivity index (χ1v) is 10.4. The molecule has 0 aliphatic rings. The summed E-state index contributed by atoms with van der Waals surface area (Å²) < 4.78 is 25.3. The molecule has 2 aromatic carbocycles. The van der Waals surface area contributed by atoms with Crippen molar-refractivity contribution in [2.75, 3.05) is 18.1 Å². The van der Waals surface area contributed by atoms with Gasteiger partial charge in [0.05, 0.1) is 17.0 Å². The lowest BCUT2D eigenvalue weighted by Gasteiger charge is -2.20. The molecule has 0 radical (unpaired) electrons. The summed E-state index contributed by atoms with van der Waals surface area (Å²) in [6.07, 6.45) is 1.19. The maximum absolute atomic E-state index is 12.3. The molecule has 0 aliphatic carbocycles. The van der Waals surface area contributed by atoms with Crippen molar-refractivity contribution < 1.29 is 13.2 Å². The molecule has 5 nitrogen and oxygen atoms in total. The number of nitrogens with zero attached hydrogens (tertiary/aromatic N) is 1. The Morgan fingerprint density at radius 3 is 2.38 bits per heavy atom. The number of hydrogen-bond acceptors (Lipinski definition) is 3. The van der Waals surface area contributed by atoms with E-state index in [0.717, 1.165) is 22.9 Å². The van der Waals surface area contributed by atoms with E-state index in [9.17, 15) is 13.2 Å². The zero-order chi connectivity index (χ0) is 19.3. The lowest BCUT2D eigenvalue weighted by molar-refractivity contribution is -0.116. The van der Waals surface area contributed by atoms with Gasteiger partial charge in [-0.25, -0.2) is 8.42 Å². The highest BCUT2D eigenvalue weighted by Crippen LogP contribution is 2.27. The SMILES string of the molecule is Cc1cc(C)c(NC(=O)CCN(Cc2ccccc2)S(C)(=O)=O)c(Cl)c1. The molecule has 0 heterocycles. The topological polar surface area (TPSA) is 66.5 Å². The van der Waals surface area contributed by atoms with Crippen LogP contribution in [0.2, 0.25) is 5.02 Å². The van der Waals surface area contributed by atoms with Crippen molar-refractivity contribution in [3.05, 3.63) is 64.2 Å². The first-order chi connectivity index (χ1) is 12.2. The number of benzene rings is 2. The number of halogens is 1. The Kier molecular flexibility index (Phi) is 6.81. The second-order valence-electron chi connectivity index (χ2n) is 6.32. The molecule has 0 aromatic heterocycles. The fourth-order valence-corrected chi connectivity index (χ4v) is 3.83. The molecule has 0 spiro atoms. The van der Waals surface area contributed by atoms with Gasteiger partial charge in [0.25, 0.3) is 0 Å². The zero-order valence-electron chi connectivity index (χ0n) is 15.1. The maximum Gasteiger partial charge on any atom is 0.225 e.